The third-order valence-electron chi connectivity index (χ3n) is 9.73. The van der Waals surface area contributed by atoms with E-state index in [1.165, 1.54) is 0 Å². The first-order valence-electron chi connectivity index (χ1n) is 18.8. The molecule has 1 fully saturated rings. The molecule has 5 atom stereocenters. The van der Waals surface area contributed by atoms with Crippen molar-refractivity contribution in [2.75, 3.05) is 13.7 Å². The molecular weight excluding hydrogens is 728 g/mol. The van der Waals surface area contributed by atoms with E-state index < -0.39 is 30.7 Å². The van der Waals surface area contributed by atoms with Crippen LogP contribution in [0.25, 0.3) is 0 Å². The van der Waals surface area contributed by atoms with Gasteiger partial charge in [0.1, 0.15) is 30.2 Å². The van der Waals surface area contributed by atoms with Gasteiger partial charge in [0, 0.05) is 22.7 Å². The van der Waals surface area contributed by atoms with Crippen molar-refractivity contribution in [3.05, 3.63) is 184 Å². The van der Waals surface area contributed by atoms with Crippen molar-refractivity contribution in [3.8, 4) is 11.6 Å². The summed E-state index contributed by atoms with van der Waals surface area (Å²) in [6.45, 7) is 3.49. The van der Waals surface area contributed by atoms with E-state index >= 15 is 0 Å². The van der Waals surface area contributed by atoms with Crippen LogP contribution in [0.15, 0.2) is 140 Å². The third kappa shape index (κ3) is 10.4. The van der Waals surface area contributed by atoms with Crippen LogP contribution in [0.5, 0.6) is 11.6 Å². The van der Waals surface area contributed by atoms with Crippen LogP contribution < -0.4 is 9.47 Å². The Kier molecular flexibility index (Phi) is 13.8. The van der Waals surface area contributed by atoms with E-state index in [4.69, 9.17) is 44.8 Å². The third-order valence-corrected chi connectivity index (χ3v) is 10.1. The van der Waals surface area contributed by atoms with E-state index in [1.54, 1.807) is 13.2 Å². The second-order valence-corrected chi connectivity index (χ2v) is 14.1. The van der Waals surface area contributed by atoms with Crippen LogP contribution in [-0.2, 0) is 56.5 Å². The molecule has 56 heavy (non-hydrogen) atoms. The topological polar surface area (TPSA) is 93.3 Å². The van der Waals surface area contributed by atoms with Gasteiger partial charge in [-0.1, -0.05) is 139 Å². The number of nitrogens with zero attached hydrogens (tertiary/aromatic N) is 1. The molecule has 0 bridgehead atoms. The summed E-state index contributed by atoms with van der Waals surface area (Å²) < 4.78 is 45.9. The Hall–Kier alpha value is -5.00. The summed E-state index contributed by atoms with van der Waals surface area (Å²) in [5.41, 5.74) is 6.65. The molecule has 0 aliphatic carbocycles. The highest BCUT2D eigenvalue weighted by Gasteiger charge is 2.50. The lowest BCUT2D eigenvalue weighted by Gasteiger charge is -2.45. The average Bonchev–Trinajstić information content (AvgIpc) is 3.58. The normalized spacial score (nSPS) is 19.4. The van der Waals surface area contributed by atoms with E-state index in [0.29, 0.717) is 42.9 Å². The lowest BCUT2D eigenvalue weighted by atomic mass is 9.97. The molecule has 0 amide bonds. The molecule has 0 radical (unpaired) electrons. The SMILES string of the molecule is COc1ccc(Cc2c(O[C@@H]3O[C@H](COCc4ccccc4)[C@@H](OCc4ccccc4)[C@H](OCc4ccccc4)[C@H]3OCc3ccccc3)n[nH]c2C)c(Cl)c1. The van der Waals surface area contributed by atoms with Gasteiger partial charge in [0.05, 0.1) is 40.1 Å². The molecule has 0 spiro atoms. The van der Waals surface area contributed by atoms with E-state index in [9.17, 15) is 0 Å². The van der Waals surface area contributed by atoms with Crippen molar-refractivity contribution < 1.29 is 33.2 Å². The summed E-state index contributed by atoms with van der Waals surface area (Å²) in [6, 6.07) is 45.8. The maximum Gasteiger partial charge on any atom is 0.238 e. The Balaban J connectivity index is 1.23. The molecule has 1 N–H and O–H groups in total. The first-order chi connectivity index (χ1) is 27.5. The number of aryl methyl sites for hydroxylation is 1. The van der Waals surface area contributed by atoms with Crippen LogP contribution in [-0.4, -0.2) is 54.6 Å². The molecule has 0 unspecified atom stereocenters. The Morgan fingerprint density at radius 2 is 1.16 bits per heavy atom. The number of nitrogens with one attached hydrogen (secondary N) is 1. The first kappa shape index (κ1) is 39.2. The summed E-state index contributed by atoms with van der Waals surface area (Å²) in [6.07, 6.45) is -3.11. The van der Waals surface area contributed by atoms with Gasteiger partial charge in [-0.3, -0.25) is 5.10 Å². The van der Waals surface area contributed by atoms with Crippen LogP contribution >= 0.6 is 11.6 Å². The number of aromatic amines is 1. The van der Waals surface area contributed by atoms with Crippen molar-refractivity contribution in [2.24, 2.45) is 0 Å². The summed E-state index contributed by atoms with van der Waals surface area (Å²) in [7, 11) is 1.62. The molecule has 1 aliphatic heterocycles. The lowest BCUT2D eigenvalue weighted by Crippen LogP contribution is -2.62. The van der Waals surface area contributed by atoms with Gasteiger partial charge in [-0.25, -0.2) is 0 Å². The number of halogens is 1. The molecule has 9 nitrogen and oxygen atoms in total. The Bertz CT molecular complexity index is 2070. The van der Waals surface area contributed by atoms with Gasteiger partial charge in [0.2, 0.25) is 12.2 Å². The molecule has 1 aliphatic rings. The number of hydrogen-bond acceptors (Lipinski definition) is 8. The second kappa shape index (κ2) is 19.7. The summed E-state index contributed by atoms with van der Waals surface area (Å²) in [4.78, 5) is 0. The van der Waals surface area contributed by atoms with Crippen LogP contribution in [0, 0.1) is 6.92 Å². The fourth-order valence-corrected chi connectivity index (χ4v) is 6.91. The van der Waals surface area contributed by atoms with E-state index in [-0.39, 0.29) is 13.2 Å². The van der Waals surface area contributed by atoms with Gasteiger partial charge in [0.25, 0.3) is 0 Å². The fraction of sp³-hybridized carbons (Fsp3) is 0.283. The minimum Gasteiger partial charge on any atom is -0.497 e. The highest BCUT2D eigenvalue weighted by molar-refractivity contribution is 6.31. The Labute approximate surface area is 333 Å². The monoisotopic (exact) mass is 774 g/mol. The predicted molar refractivity (Wildman–Crippen MR) is 215 cm³/mol. The predicted octanol–water partition coefficient (Wildman–Crippen LogP) is 9.05. The van der Waals surface area contributed by atoms with Gasteiger partial charge in [0.15, 0.2) is 0 Å². The van der Waals surface area contributed by atoms with Crippen LogP contribution in [0.2, 0.25) is 5.02 Å². The molecule has 1 aromatic heterocycles. The van der Waals surface area contributed by atoms with Crippen LogP contribution in [0.3, 0.4) is 0 Å². The average molecular weight is 775 g/mol. The molecule has 290 valence electrons. The van der Waals surface area contributed by atoms with Crippen molar-refractivity contribution in [1.29, 1.82) is 0 Å². The molecule has 5 aromatic carbocycles. The summed E-state index contributed by atoms with van der Waals surface area (Å²) in [5, 5.41) is 8.30. The van der Waals surface area contributed by atoms with Gasteiger partial charge in [-0.05, 0) is 46.9 Å². The zero-order valence-corrected chi connectivity index (χ0v) is 32.3. The lowest BCUT2D eigenvalue weighted by molar-refractivity contribution is -0.310. The number of rotatable bonds is 18. The number of benzene rings is 5. The summed E-state index contributed by atoms with van der Waals surface area (Å²) in [5.74, 6) is 1.06. The van der Waals surface area contributed by atoms with Gasteiger partial charge in [-0.15, -0.1) is 5.10 Å². The molecule has 7 rings (SSSR count). The second-order valence-electron chi connectivity index (χ2n) is 13.7. The minimum absolute atomic E-state index is 0.207. The highest BCUT2D eigenvalue weighted by Crippen LogP contribution is 2.35. The minimum atomic E-state index is -0.964. The standard InChI is InChI=1S/C46H47ClN2O7/c1-32-39(25-37-23-24-38(50-2)26-40(37)47)45(49-48-32)56-46-44(54-30-36-21-13-6-14-22-36)43(53-29-35-19-11-5-12-20-35)42(52-28-34-17-9-4-10-18-34)41(55-46)31-51-27-33-15-7-3-8-16-33/h3-24,26,41-44,46H,25,27-31H2,1-2H3,(H,48,49)/t41-,42-,43+,44-,46+/m1/s1. The molecular formula is C46H47ClN2O7. The number of ether oxygens (including phenoxy) is 7. The smallest absolute Gasteiger partial charge is 0.238 e. The molecule has 10 heteroatoms. The van der Waals surface area contributed by atoms with Crippen molar-refractivity contribution in [1.82, 2.24) is 10.2 Å². The van der Waals surface area contributed by atoms with Crippen molar-refractivity contribution >= 4 is 11.6 Å². The van der Waals surface area contributed by atoms with E-state index in [0.717, 1.165) is 39.1 Å². The van der Waals surface area contributed by atoms with E-state index in [1.807, 2.05) is 140 Å². The quantitative estimate of drug-likeness (QED) is 0.0925. The molecule has 0 saturated carbocycles. The maximum absolute atomic E-state index is 6.91. The Morgan fingerprint density at radius 1 is 0.643 bits per heavy atom. The molecule has 2 heterocycles. The zero-order chi connectivity index (χ0) is 38.5. The van der Waals surface area contributed by atoms with Gasteiger partial charge >= 0.3 is 0 Å². The Morgan fingerprint density at radius 3 is 1.70 bits per heavy atom. The van der Waals surface area contributed by atoms with Crippen LogP contribution in [0.1, 0.15) is 39.1 Å². The number of aromatic nitrogens is 2. The first-order valence-corrected chi connectivity index (χ1v) is 19.2. The number of H-pyrrole nitrogens is 1. The highest BCUT2D eigenvalue weighted by atomic mass is 35.5. The number of hydrogen-bond donors (Lipinski definition) is 1. The van der Waals surface area contributed by atoms with Gasteiger partial charge < -0.3 is 33.2 Å². The number of methoxy groups -OCH3 is 1. The molecule has 6 aromatic rings. The maximum atomic E-state index is 6.91. The molecule has 1 saturated heterocycles. The van der Waals surface area contributed by atoms with E-state index in [2.05, 4.69) is 10.2 Å². The largest absolute Gasteiger partial charge is 0.497 e. The van der Waals surface area contributed by atoms with Crippen LogP contribution in [0.4, 0.5) is 0 Å². The summed E-state index contributed by atoms with van der Waals surface area (Å²) >= 11 is 6.71. The fourth-order valence-electron chi connectivity index (χ4n) is 6.68. The van der Waals surface area contributed by atoms with Gasteiger partial charge in [-0.2, -0.15) is 0 Å². The zero-order valence-electron chi connectivity index (χ0n) is 31.6. The van der Waals surface area contributed by atoms with Crippen molar-refractivity contribution in [3.63, 3.8) is 0 Å². The van der Waals surface area contributed by atoms with Crippen molar-refractivity contribution in [2.45, 2.75) is 70.5 Å².